The first-order chi connectivity index (χ1) is 7.63. The Balaban J connectivity index is 2.25. The highest BCUT2D eigenvalue weighted by atomic mass is 19.1. The summed E-state index contributed by atoms with van der Waals surface area (Å²) in [6, 6.07) is 5.47. The van der Waals surface area contributed by atoms with Crippen LogP contribution in [0.3, 0.4) is 0 Å². The van der Waals surface area contributed by atoms with Gasteiger partial charge in [-0.05, 0) is 42.4 Å². The zero-order valence-corrected chi connectivity index (χ0v) is 9.74. The molecule has 88 valence electrons. The van der Waals surface area contributed by atoms with Gasteiger partial charge in [0.25, 0.3) is 0 Å². The molecule has 3 unspecified atom stereocenters. The summed E-state index contributed by atoms with van der Waals surface area (Å²) >= 11 is 0. The van der Waals surface area contributed by atoms with E-state index in [1.54, 1.807) is 12.1 Å². The third-order valence-electron chi connectivity index (χ3n) is 3.73. The molecular weight excluding hydrogens is 205 g/mol. The summed E-state index contributed by atoms with van der Waals surface area (Å²) in [7, 11) is 1.48. The normalized spacial score (nSPS) is 29.4. The summed E-state index contributed by atoms with van der Waals surface area (Å²) in [5.41, 5.74) is 7.02. The number of ether oxygens (including phenoxy) is 1. The van der Waals surface area contributed by atoms with Crippen molar-refractivity contribution in [1.29, 1.82) is 0 Å². The van der Waals surface area contributed by atoms with Gasteiger partial charge in [-0.1, -0.05) is 13.0 Å². The highest BCUT2D eigenvalue weighted by Crippen LogP contribution is 2.39. The largest absolute Gasteiger partial charge is 0.494 e. The lowest BCUT2D eigenvalue weighted by Gasteiger charge is -2.18. The average Bonchev–Trinajstić information content (AvgIpc) is 2.60. The van der Waals surface area contributed by atoms with Gasteiger partial charge >= 0.3 is 0 Å². The molecule has 1 aliphatic rings. The standard InChI is InChI=1S/C13H18FNO/c1-8-10(4-5-12(8)15)9-3-6-13(16-2)11(14)7-9/h3,6-8,10,12H,4-5,15H2,1-2H3. The molecule has 1 aliphatic carbocycles. The van der Waals surface area contributed by atoms with E-state index in [0.717, 1.165) is 18.4 Å². The molecule has 0 heterocycles. The summed E-state index contributed by atoms with van der Waals surface area (Å²) in [5, 5.41) is 0. The molecule has 2 rings (SSSR count). The Morgan fingerprint density at radius 2 is 2.12 bits per heavy atom. The van der Waals surface area contributed by atoms with Crippen LogP contribution in [-0.2, 0) is 0 Å². The van der Waals surface area contributed by atoms with Crippen molar-refractivity contribution in [1.82, 2.24) is 0 Å². The minimum atomic E-state index is -0.285. The summed E-state index contributed by atoms with van der Waals surface area (Å²) in [4.78, 5) is 0. The number of benzene rings is 1. The van der Waals surface area contributed by atoms with Crippen molar-refractivity contribution in [2.24, 2.45) is 11.7 Å². The second-order valence-electron chi connectivity index (χ2n) is 4.60. The summed E-state index contributed by atoms with van der Waals surface area (Å²) < 4.78 is 18.5. The van der Waals surface area contributed by atoms with Gasteiger partial charge in [-0.15, -0.1) is 0 Å². The van der Waals surface area contributed by atoms with Gasteiger partial charge in [-0.3, -0.25) is 0 Å². The van der Waals surface area contributed by atoms with Crippen molar-refractivity contribution in [3.63, 3.8) is 0 Å². The van der Waals surface area contributed by atoms with Crippen molar-refractivity contribution in [2.75, 3.05) is 7.11 Å². The van der Waals surface area contributed by atoms with Crippen LogP contribution in [0.5, 0.6) is 5.75 Å². The van der Waals surface area contributed by atoms with Crippen molar-refractivity contribution in [3.05, 3.63) is 29.6 Å². The smallest absolute Gasteiger partial charge is 0.165 e. The van der Waals surface area contributed by atoms with Crippen LogP contribution in [0.4, 0.5) is 4.39 Å². The fourth-order valence-corrected chi connectivity index (χ4v) is 2.58. The van der Waals surface area contributed by atoms with E-state index >= 15 is 0 Å². The first-order valence-corrected chi connectivity index (χ1v) is 5.72. The van der Waals surface area contributed by atoms with Gasteiger partial charge in [-0.2, -0.15) is 0 Å². The molecule has 1 aromatic carbocycles. The number of rotatable bonds is 2. The third kappa shape index (κ3) is 1.92. The Bertz CT molecular complexity index is 380. The maximum Gasteiger partial charge on any atom is 0.165 e. The van der Waals surface area contributed by atoms with Gasteiger partial charge < -0.3 is 10.5 Å². The predicted octanol–water partition coefficient (Wildman–Crippen LogP) is 2.68. The number of nitrogens with two attached hydrogens (primary N) is 1. The Morgan fingerprint density at radius 3 is 2.62 bits per heavy atom. The van der Waals surface area contributed by atoms with Crippen LogP contribution in [0.2, 0.25) is 0 Å². The molecule has 0 aliphatic heterocycles. The van der Waals surface area contributed by atoms with Crippen LogP contribution in [0.1, 0.15) is 31.2 Å². The van der Waals surface area contributed by atoms with E-state index in [-0.39, 0.29) is 11.9 Å². The van der Waals surface area contributed by atoms with E-state index in [1.165, 1.54) is 7.11 Å². The van der Waals surface area contributed by atoms with Gasteiger partial charge in [0.15, 0.2) is 11.6 Å². The Kier molecular flexibility index (Phi) is 3.15. The lowest BCUT2D eigenvalue weighted by atomic mass is 9.89. The molecule has 0 radical (unpaired) electrons. The van der Waals surface area contributed by atoms with E-state index in [1.807, 2.05) is 6.07 Å². The van der Waals surface area contributed by atoms with Crippen LogP contribution in [0, 0.1) is 11.7 Å². The van der Waals surface area contributed by atoms with E-state index < -0.39 is 0 Å². The van der Waals surface area contributed by atoms with Crippen LogP contribution in [0.25, 0.3) is 0 Å². The van der Waals surface area contributed by atoms with Gasteiger partial charge in [0.05, 0.1) is 7.11 Å². The molecule has 2 nitrogen and oxygen atoms in total. The molecule has 3 heteroatoms. The van der Waals surface area contributed by atoms with Crippen molar-refractivity contribution in [2.45, 2.75) is 31.7 Å². The van der Waals surface area contributed by atoms with Crippen LogP contribution in [0.15, 0.2) is 18.2 Å². The minimum absolute atomic E-state index is 0.246. The third-order valence-corrected chi connectivity index (χ3v) is 3.73. The molecule has 1 fully saturated rings. The number of hydrogen-bond acceptors (Lipinski definition) is 2. The number of methoxy groups -OCH3 is 1. The first kappa shape index (κ1) is 11.4. The molecule has 0 aromatic heterocycles. The molecule has 0 saturated heterocycles. The van der Waals surface area contributed by atoms with Gasteiger partial charge in [0, 0.05) is 6.04 Å². The predicted molar refractivity (Wildman–Crippen MR) is 62.1 cm³/mol. The van der Waals surface area contributed by atoms with Crippen molar-refractivity contribution >= 4 is 0 Å². The molecule has 0 bridgehead atoms. The van der Waals surface area contributed by atoms with Gasteiger partial charge in [-0.25, -0.2) is 4.39 Å². The molecule has 2 N–H and O–H groups in total. The maximum absolute atomic E-state index is 13.6. The SMILES string of the molecule is COc1ccc(C2CCC(N)C2C)cc1F. The molecule has 0 amide bonds. The molecule has 16 heavy (non-hydrogen) atoms. The molecule has 0 spiro atoms. The summed E-state index contributed by atoms with van der Waals surface area (Å²) in [6.07, 6.45) is 2.08. The first-order valence-electron chi connectivity index (χ1n) is 5.72. The molecular formula is C13H18FNO. The minimum Gasteiger partial charge on any atom is -0.494 e. The number of hydrogen-bond donors (Lipinski definition) is 1. The summed E-state index contributed by atoms with van der Waals surface area (Å²) in [6.45, 7) is 2.14. The fourth-order valence-electron chi connectivity index (χ4n) is 2.58. The quantitative estimate of drug-likeness (QED) is 0.836. The topological polar surface area (TPSA) is 35.2 Å². The Hall–Kier alpha value is -1.09. The van der Waals surface area contributed by atoms with Gasteiger partial charge in [0.1, 0.15) is 0 Å². The van der Waals surface area contributed by atoms with Crippen molar-refractivity contribution < 1.29 is 9.13 Å². The van der Waals surface area contributed by atoms with Gasteiger partial charge in [0.2, 0.25) is 0 Å². The lowest BCUT2D eigenvalue weighted by molar-refractivity contribution is 0.385. The van der Waals surface area contributed by atoms with Crippen LogP contribution < -0.4 is 10.5 Å². The highest BCUT2D eigenvalue weighted by Gasteiger charge is 2.31. The summed E-state index contributed by atoms with van der Waals surface area (Å²) in [5.74, 6) is 0.828. The number of halogens is 1. The zero-order valence-electron chi connectivity index (χ0n) is 9.74. The Morgan fingerprint density at radius 1 is 1.38 bits per heavy atom. The lowest BCUT2D eigenvalue weighted by Crippen LogP contribution is -2.24. The Labute approximate surface area is 95.6 Å². The fraction of sp³-hybridized carbons (Fsp3) is 0.538. The average molecular weight is 223 g/mol. The van der Waals surface area contributed by atoms with E-state index in [0.29, 0.717) is 17.6 Å². The second kappa shape index (κ2) is 4.42. The maximum atomic E-state index is 13.6. The monoisotopic (exact) mass is 223 g/mol. The van der Waals surface area contributed by atoms with E-state index in [9.17, 15) is 4.39 Å². The second-order valence-corrected chi connectivity index (χ2v) is 4.60. The van der Waals surface area contributed by atoms with E-state index in [2.05, 4.69) is 6.92 Å². The molecule has 3 atom stereocenters. The molecule has 1 aromatic rings. The van der Waals surface area contributed by atoms with Crippen LogP contribution in [-0.4, -0.2) is 13.2 Å². The molecule has 1 saturated carbocycles. The van der Waals surface area contributed by atoms with Crippen LogP contribution >= 0.6 is 0 Å². The highest BCUT2D eigenvalue weighted by molar-refractivity contribution is 5.32. The van der Waals surface area contributed by atoms with Crippen molar-refractivity contribution in [3.8, 4) is 5.75 Å². The zero-order chi connectivity index (χ0) is 11.7. The van der Waals surface area contributed by atoms with E-state index in [4.69, 9.17) is 10.5 Å².